The van der Waals surface area contributed by atoms with Crippen LogP contribution in [0.15, 0.2) is 23.3 Å². The van der Waals surface area contributed by atoms with Crippen molar-refractivity contribution in [2.24, 2.45) is 0 Å². The number of nitrogens with zero attached hydrogens (tertiary/aromatic N) is 3. The Kier molecular flexibility index (Phi) is 5.68. The van der Waals surface area contributed by atoms with Crippen LogP contribution >= 0.6 is 0 Å². The molecule has 0 aromatic carbocycles. The van der Waals surface area contributed by atoms with Gasteiger partial charge in [-0.25, -0.2) is 9.78 Å². The van der Waals surface area contributed by atoms with E-state index in [0.29, 0.717) is 13.2 Å². The lowest BCUT2D eigenvalue weighted by Crippen LogP contribution is -2.47. The minimum absolute atomic E-state index is 0.0496. The number of aromatic nitrogens is 2. The van der Waals surface area contributed by atoms with Crippen molar-refractivity contribution in [2.75, 3.05) is 13.2 Å². The SMILES string of the molecule is CCOC(=O)C[C@H]1CCCCN1C(=O)Cn1cccnc1=O. The highest BCUT2D eigenvalue weighted by molar-refractivity contribution is 5.78. The number of ether oxygens (including phenoxy) is 1. The fourth-order valence-corrected chi connectivity index (χ4v) is 2.70. The molecule has 1 atom stereocenters. The van der Waals surface area contributed by atoms with Gasteiger partial charge in [0.1, 0.15) is 6.54 Å². The predicted octanol–water partition coefficient (Wildman–Crippen LogP) is 0.578. The van der Waals surface area contributed by atoms with Gasteiger partial charge in [0.05, 0.1) is 13.0 Å². The van der Waals surface area contributed by atoms with Crippen LogP contribution in [0.2, 0.25) is 0 Å². The summed E-state index contributed by atoms with van der Waals surface area (Å²) in [5, 5.41) is 0. The standard InChI is InChI=1S/C15H21N3O4/c1-2-22-14(20)10-12-6-3-4-9-18(12)13(19)11-17-8-5-7-16-15(17)21/h5,7-8,12H,2-4,6,9-11H2,1H3/t12-/m1/s1. The summed E-state index contributed by atoms with van der Waals surface area (Å²) < 4.78 is 6.24. The Morgan fingerprint density at radius 2 is 2.23 bits per heavy atom. The van der Waals surface area contributed by atoms with E-state index in [1.807, 2.05) is 0 Å². The van der Waals surface area contributed by atoms with E-state index in [1.54, 1.807) is 17.9 Å². The van der Waals surface area contributed by atoms with Crippen molar-refractivity contribution in [1.82, 2.24) is 14.5 Å². The predicted molar refractivity (Wildman–Crippen MR) is 79.1 cm³/mol. The number of likely N-dealkylation sites (tertiary alicyclic amines) is 1. The number of amides is 1. The van der Waals surface area contributed by atoms with Crippen LogP contribution < -0.4 is 5.69 Å². The quantitative estimate of drug-likeness (QED) is 0.743. The molecule has 1 aromatic heterocycles. The lowest BCUT2D eigenvalue weighted by molar-refractivity contribution is -0.146. The Bertz CT molecular complexity index is 584. The molecule has 0 N–H and O–H groups in total. The Morgan fingerprint density at radius 1 is 1.41 bits per heavy atom. The average molecular weight is 307 g/mol. The molecule has 0 bridgehead atoms. The van der Waals surface area contributed by atoms with Crippen LogP contribution in [-0.4, -0.2) is 45.5 Å². The van der Waals surface area contributed by atoms with Gasteiger partial charge in [0.2, 0.25) is 5.91 Å². The monoisotopic (exact) mass is 307 g/mol. The first-order chi connectivity index (χ1) is 10.6. The fourth-order valence-electron chi connectivity index (χ4n) is 2.70. The lowest BCUT2D eigenvalue weighted by Gasteiger charge is -2.35. The fraction of sp³-hybridized carbons (Fsp3) is 0.600. The Labute approximate surface area is 128 Å². The summed E-state index contributed by atoms with van der Waals surface area (Å²) in [6.07, 6.45) is 5.83. The molecule has 2 rings (SSSR count). The Morgan fingerprint density at radius 3 is 2.95 bits per heavy atom. The highest BCUT2D eigenvalue weighted by Gasteiger charge is 2.29. The maximum absolute atomic E-state index is 12.5. The van der Waals surface area contributed by atoms with Gasteiger partial charge < -0.3 is 9.64 Å². The Hall–Kier alpha value is -2.18. The molecule has 2 heterocycles. The molecule has 0 unspecified atom stereocenters. The maximum atomic E-state index is 12.5. The van der Waals surface area contributed by atoms with Crippen molar-refractivity contribution < 1.29 is 14.3 Å². The summed E-state index contributed by atoms with van der Waals surface area (Å²) in [7, 11) is 0. The molecule has 1 aromatic rings. The summed E-state index contributed by atoms with van der Waals surface area (Å²) >= 11 is 0. The Balaban J connectivity index is 2.03. The van der Waals surface area contributed by atoms with Gasteiger partial charge >= 0.3 is 11.7 Å². The number of carbonyl (C=O) groups is 2. The van der Waals surface area contributed by atoms with Crippen molar-refractivity contribution >= 4 is 11.9 Å². The number of hydrogen-bond donors (Lipinski definition) is 0. The topological polar surface area (TPSA) is 81.5 Å². The molecular formula is C15H21N3O4. The van der Waals surface area contributed by atoms with Crippen LogP contribution in [0.25, 0.3) is 0 Å². The van der Waals surface area contributed by atoms with E-state index in [-0.39, 0.29) is 30.9 Å². The van der Waals surface area contributed by atoms with Crippen molar-refractivity contribution in [2.45, 2.75) is 45.2 Å². The van der Waals surface area contributed by atoms with Crippen molar-refractivity contribution in [1.29, 1.82) is 0 Å². The second-order valence-electron chi connectivity index (χ2n) is 5.28. The van der Waals surface area contributed by atoms with E-state index in [9.17, 15) is 14.4 Å². The molecule has 7 nitrogen and oxygen atoms in total. The van der Waals surface area contributed by atoms with E-state index in [0.717, 1.165) is 19.3 Å². The van der Waals surface area contributed by atoms with Gasteiger partial charge in [-0.05, 0) is 32.3 Å². The van der Waals surface area contributed by atoms with Crippen LogP contribution in [0.4, 0.5) is 0 Å². The van der Waals surface area contributed by atoms with Gasteiger partial charge in [-0.1, -0.05) is 0 Å². The number of carbonyl (C=O) groups excluding carboxylic acids is 2. The van der Waals surface area contributed by atoms with Gasteiger partial charge in [0.15, 0.2) is 0 Å². The van der Waals surface area contributed by atoms with Gasteiger partial charge in [0, 0.05) is 25.0 Å². The van der Waals surface area contributed by atoms with E-state index >= 15 is 0 Å². The molecule has 1 aliphatic heterocycles. The van der Waals surface area contributed by atoms with Crippen LogP contribution in [-0.2, 0) is 20.9 Å². The average Bonchev–Trinajstić information content (AvgIpc) is 2.50. The minimum atomic E-state index is -0.449. The number of rotatable bonds is 5. The summed E-state index contributed by atoms with van der Waals surface area (Å²) in [6.45, 7) is 2.66. The molecule has 1 saturated heterocycles. The third-order valence-electron chi connectivity index (χ3n) is 3.74. The smallest absolute Gasteiger partial charge is 0.347 e. The highest BCUT2D eigenvalue weighted by atomic mass is 16.5. The van der Waals surface area contributed by atoms with E-state index < -0.39 is 5.69 Å². The molecule has 0 aliphatic carbocycles. The largest absolute Gasteiger partial charge is 0.466 e. The molecule has 120 valence electrons. The third kappa shape index (κ3) is 4.16. The van der Waals surface area contributed by atoms with E-state index in [2.05, 4.69) is 4.98 Å². The van der Waals surface area contributed by atoms with Gasteiger partial charge in [-0.3, -0.25) is 14.2 Å². The zero-order chi connectivity index (χ0) is 15.9. The first-order valence-electron chi connectivity index (χ1n) is 7.58. The second-order valence-corrected chi connectivity index (χ2v) is 5.28. The molecule has 22 heavy (non-hydrogen) atoms. The highest BCUT2D eigenvalue weighted by Crippen LogP contribution is 2.20. The van der Waals surface area contributed by atoms with Gasteiger partial charge in [-0.15, -0.1) is 0 Å². The minimum Gasteiger partial charge on any atom is -0.466 e. The van der Waals surface area contributed by atoms with Crippen LogP contribution in [0.3, 0.4) is 0 Å². The van der Waals surface area contributed by atoms with Crippen molar-refractivity contribution in [3.05, 3.63) is 28.9 Å². The molecule has 1 amide bonds. The third-order valence-corrected chi connectivity index (χ3v) is 3.74. The molecule has 0 spiro atoms. The summed E-state index contributed by atoms with van der Waals surface area (Å²) in [4.78, 5) is 41.0. The molecular weight excluding hydrogens is 286 g/mol. The van der Waals surface area contributed by atoms with Gasteiger partial charge in [-0.2, -0.15) is 0 Å². The van der Waals surface area contributed by atoms with E-state index in [4.69, 9.17) is 4.74 Å². The van der Waals surface area contributed by atoms with E-state index in [1.165, 1.54) is 17.0 Å². The first kappa shape index (κ1) is 16.2. The van der Waals surface area contributed by atoms with Crippen LogP contribution in [0, 0.1) is 0 Å². The summed E-state index contributed by atoms with van der Waals surface area (Å²) in [5.41, 5.74) is -0.449. The molecule has 0 radical (unpaired) electrons. The normalized spacial score (nSPS) is 18.0. The maximum Gasteiger partial charge on any atom is 0.347 e. The molecule has 7 heteroatoms. The number of hydrogen-bond acceptors (Lipinski definition) is 5. The zero-order valence-corrected chi connectivity index (χ0v) is 12.7. The summed E-state index contributed by atoms with van der Waals surface area (Å²) in [5.74, 6) is -0.449. The molecule has 0 saturated carbocycles. The molecule has 1 fully saturated rings. The van der Waals surface area contributed by atoms with Gasteiger partial charge in [0.25, 0.3) is 0 Å². The zero-order valence-electron chi connectivity index (χ0n) is 12.7. The number of piperidine rings is 1. The summed E-state index contributed by atoms with van der Waals surface area (Å²) in [6, 6.07) is 1.47. The number of esters is 1. The lowest BCUT2D eigenvalue weighted by atomic mass is 9.99. The van der Waals surface area contributed by atoms with Crippen molar-refractivity contribution in [3.63, 3.8) is 0 Å². The first-order valence-corrected chi connectivity index (χ1v) is 7.58. The van der Waals surface area contributed by atoms with Crippen molar-refractivity contribution in [3.8, 4) is 0 Å². The second kappa shape index (κ2) is 7.72. The van der Waals surface area contributed by atoms with Crippen LogP contribution in [0.1, 0.15) is 32.6 Å². The van der Waals surface area contributed by atoms with Crippen LogP contribution in [0.5, 0.6) is 0 Å². The molecule has 1 aliphatic rings.